The van der Waals surface area contributed by atoms with Crippen LogP contribution in [0.5, 0.6) is 0 Å². The van der Waals surface area contributed by atoms with E-state index < -0.39 is 11.5 Å². The minimum atomic E-state index is -1.17. The molecule has 0 saturated carbocycles. The number of rotatable bonds is 6. The molecule has 1 aromatic heterocycles. The fraction of sp³-hybridized carbons (Fsp3) is 0.440. The molecule has 0 aliphatic carbocycles. The molecule has 1 unspecified atom stereocenters. The second kappa shape index (κ2) is 9.91. The molecular weight excluding hydrogens is 446 g/mol. The van der Waals surface area contributed by atoms with Crippen LogP contribution in [0.15, 0.2) is 41.4 Å². The van der Waals surface area contributed by atoms with Crippen LogP contribution in [-0.2, 0) is 21.6 Å². The Labute approximate surface area is 205 Å². The second-order valence-electron chi connectivity index (χ2n) is 8.98. The number of guanidine groups is 1. The smallest absolute Gasteiger partial charge is 0.340 e. The third kappa shape index (κ3) is 4.66. The summed E-state index contributed by atoms with van der Waals surface area (Å²) in [4.78, 5) is 40.3. The molecular formula is C25H33N7O3. The molecule has 1 atom stereocenters. The number of esters is 1. The maximum Gasteiger partial charge on any atom is 0.340 e. The minimum Gasteiger partial charge on any atom is -0.467 e. The first-order valence-electron chi connectivity index (χ1n) is 11.7. The van der Waals surface area contributed by atoms with Gasteiger partial charge in [0.1, 0.15) is 5.69 Å². The largest absolute Gasteiger partial charge is 0.467 e. The molecule has 10 nitrogen and oxygen atoms in total. The summed E-state index contributed by atoms with van der Waals surface area (Å²) >= 11 is 0. The number of nitrogens with zero attached hydrogens (tertiary/aromatic N) is 5. The number of aryl methyl sites for hydroxylation is 1. The summed E-state index contributed by atoms with van der Waals surface area (Å²) in [7, 11) is 4.81. The van der Waals surface area contributed by atoms with Gasteiger partial charge in [0.05, 0.1) is 25.0 Å². The molecule has 3 heterocycles. The Bertz CT molecular complexity index is 1140. The van der Waals surface area contributed by atoms with E-state index >= 15 is 0 Å². The van der Waals surface area contributed by atoms with E-state index in [9.17, 15) is 9.59 Å². The van der Waals surface area contributed by atoms with Gasteiger partial charge in [-0.1, -0.05) is 24.3 Å². The molecule has 186 valence electrons. The van der Waals surface area contributed by atoms with Gasteiger partial charge in [0.15, 0.2) is 5.96 Å². The highest BCUT2D eigenvalue weighted by atomic mass is 16.5. The number of piperazine rings is 1. The minimum absolute atomic E-state index is 0.188. The van der Waals surface area contributed by atoms with E-state index in [0.717, 1.165) is 48.7 Å². The number of anilines is 1. The second-order valence-corrected chi connectivity index (χ2v) is 8.98. The van der Waals surface area contributed by atoms with Gasteiger partial charge in [-0.15, -0.1) is 0 Å². The first kappa shape index (κ1) is 24.5. The van der Waals surface area contributed by atoms with Gasteiger partial charge in [0.2, 0.25) is 5.54 Å². The van der Waals surface area contributed by atoms with Crippen LogP contribution in [0.3, 0.4) is 0 Å². The molecule has 2 aliphatic heterocycles. The molecule has 2 aliphatic rings. The van der Waals surface area contributed by atoms with E-state index in [4.69, 9.17) is 10.5 Å². The van der Waals surface area contributed by atoms with E-state index in [0.29, 0.717) is 24.7 Å². The third-order valence-electron chi connectivity index (χ3n) is 6.77. The standard InChI is InChI=1S/C25H33N7O3/c1-17-21(10-9-20(28-17)22(33)27-2)32-13-11-31(12-14-32)15-18-7-5-6-8-19(18)25(23(34)35-4)16-30(3)24(26)29-25/h5-10H,11-16H2,1-4H3,(H2,26,29)(H,27,33). The highest BCUT2D eigenvalue weighted by Crippen LogP contribution is 2.35. The van der Waals surface area contributed by atoms with Crippen molar-refractivity contribution in [3.05, 3.63) is 58.9 Å². The zero-order valence-electron chi connectivity index (χ0n) is 20.7. The van der Waals surface area contributed by atoms with Crippen molar-refractivity contribution in [2.24, 2.45) is 10.7 Å². The molecule has 0 radical (unpaired) electrons. The number of aromatic nitrogens is 1. The lowest BCUT2D eigenvalue weighted by atomic mass is 9.86. The summed E-state index contributed by atoms with van der Waals surface area (Å²) in [6.45, 7) is 6.33. The maximum atomic E-state index is 12.9. The normalized spacial score (nSPS) is 20.5. The average molecular weight is 480 g/mol. The van der Waals surface area contributed by atoms with Gasteiger partial charge in [-0.2, -0.15) is 0 Å². The summed E-state index contributed by atoms with van der Waals surface area (Å²) < 4.78 is 5.16. The number of benzene rings is 1. The summed E-state index contributed by atoms with van der Waals surface area (Å²) in [6, 6.07) is 11.6. The fourth-order valence-electron chi connectivity index (χ4n) is 4.87. The van der Waals surface area contributed by atoms with E-state index in [-0.39, 0.29) is 5.91 Å². The van der Waals surface area contributed by atoms with Crippen LogP contribution in [0, 0.1) is 6.92 Å². The molecule has 4 rings (SSSR count). The molecule has 1 amide bonds. The van der Waals surface area contributed by atoms with E-state index in [1.807, 2.05) is 44.3 Å². The van der Waals surface area contributed by atoms with Gasteiger partial charge in [-0.05, 0) is 30.2 Å². The topological polar surface area (TPSA) is 116 Å². The molecule has 0 bridgehead atoms. The first-order chi connectivity index (χ1) is 16.8. The Morgan fingerprint density at radius 2 is 1.86 bits per heavy atom. The number of carbonyl (C=O) groups is 2. The van der Waals surface area contributed by atoms with Crippen molar-refractivity contribution in [3.8, 4) is 0 Å². The Kier molecular flexibility index (Phi) is 6.93. The molecule has 10 heteroatoms. The Balaban J connectivity index is 1.49. The van der Waals surface area contributed by atoms with Crippen LogP contribution < -0.4 is 16.0 Å². The number of likely N-dealkylation sites (N-methyl/N-ethyl adjacent to an activating group) is 1. The zero-order chi connectivity index (χ0) is 25.2. The van der Waals surface area contributed by atoms with Crippen LogP contribution in [0.4, 0.5) is 5.69 Å². The number of amides is 1. The van der Waals surface area contributed by atoms with Gasteiger partial charge >= 0.3 is 5.97 Å². The number of carbonyl (C=O) groups excluding carboxylic acids is 2. The fourth-order valence-corrected chi connectivity index (χ4v) is 4.87. The van der Waals surface area contributed by atoms with Crippen molar-refractivity contribution in [1.82, 2.24) is 20.1 Å². The number of hydrogen-bond acceptors (Lipinski definition) is 9. The summed E-state index contributed by atoms with van der Waals surface area (Å²) in [6.07, 6.45) is 0. The number of methoxy groups -OCH3 is 1. The molecule has 1 fully saturated rings. The van der Waals surface area contributed by atoms with Gasteiger partial charge in [-0.3, -0.25) is 9.69 Å². The number of nitrogens with two attached hydrogens (primary N) is 1. The number of ether oxygens (including phenoxy) is 1. The van der Waals surface area contributed by atoms with E-state index in [1.54, 1.807) is 18.0 Å². The molecule has 1 aromatic carbocycles. The van der Waals surface area contributed by atoms with Gasteiger partial charge < -0.3 is 25.6 Å². The van der Waals surface area contributed by atoms with Crippen LogP contribution in [0.2, 0.25) is 0 Å². The predicted molar refractivity (Wildman–Crippen MR) is 134 cm³/mol. The molecule has 1 saturated heterocycles. The monoisotopic (exact) mass is 479 g/mol. The van der Waals surface area contributed by atoms with Crippen molar-refractivity contribution in [2.75, 3.05) is 58.8 Å². The number of hydrogen-bond donors (Lipinski definition) is 2. The SMILES string of the molecule is CNC(=O)c1ccc(N2CCN(Cc3ccccc3C3(C(=O)OC)CN(C)C(N)=N3)CC2)c(C)n1. The summed E-state index contributed by atoms with van der Waals surface area (Å²) in [5, 5.41) is 2.61. The van der Waals surface area contributed by atoms with Crippen LogP contribution >= 0.6 is 0 Å². The van der Waals surface area contributed by atoms with Crippen molar-refractivity contribution in [2.45, 2.75) is 19.0 Å². The Morgan fingerprint density at radius 3 is 2.46 bits per heavy atom. The Morgan fingerprint density at radius 1 is 1.14 bits per heavy atom. The van der Waals surface area contributed by atoms with E-state index in [2.05, 4.69) is 25.1 Å². The van der Waals surface area contributed by atoms with E-state index in [1.165, 1.54) is 7.11 Å². The van der Waals surface area contributed by atoms with Crippen LogP contribution in [0.1, 0.15) is 27.3 Å². The predicted octanol–water partition coefficient (Wildman–Crippen LogP) is 0.700. The van der Waals surface area contributed by atoms with Crippen molar-refractivity contribution in [3.63, 3.8) is 0 Å². The van der Waals surface area contributed by atoms with Crippen LogP contribution in [-0.4, -0.2) is 86.5 Å². The lowest BCUT2D eigenvalue weighted by molar-refractivity contribution is -0.147. The van der Waals surface area contributed by atoms with Crippen molar-refractivity contribution < 1.29 is 14.3 Å². The number of nitrogens with one attached hydrogen (secondary N) is 1. The maximum absolute atomic E-state index is 12.9. The highest BCUT2D eigenvalue weighted by Gasteiger charge is 2.48. The molecule has 35 heavy (non-hydrogen) atoms. The van der Waals surface area contributed by atoms with Crippen molar-refractivity contribution in [1.29, 1.82) is 0 Å². The Hall–Kier alpha value is -3.66. The average Bonchev–Trinajstić information content (AvgIpc) is 3.18. The lowest BCUT2D eigenvalue weighted by Crippen LogP contribution is -2.47. The number of aliphatic imine (C=N–C) groups is 1. The third-order valence-corrected chi connectivity index (χ3v) is 6.77. The van der Waals surface area contributed by atoms with Crippen molar-refractivity contribution >= 4 is 23.5 Å². The molecule has 3 N–H and O–H groups in total. The van der Waals surface area contributed by atoms with Gasteiger partial charge in [0, 0.05) is 46.8 Å². The van der Waals surface area contributed by atoms with Gasteiger partial charge in [-0.25, -0.2) is 14.8 Å². The highest BCUT2D eigenvalue weighted by molar-refractivity contribution is 5.93. The van der Waals surface area contributed by atoms with Crippen LogP contribution in [0.25, 0.3) is 0 Å². The summed E-state index contributed by atoms with van der Waals surface area (Å²) in [5.74, 6) is -0.275. The zero-order valence-corrected chi connectivity index (χ0v) is 20.7. The van der Waals surface area contributed by atoms with Gasteiger partial charge in [0.25, 0.3) is 5.91 Å². The molecule has 2 aromatic rings. The summed E-state index contributed by atoms with van der Waals surface area (Å²) in [5.41, 5.74) is 9.05. The quantitative estimate of drug-likeness (QED) is 0.582. The first-order valence-corrected chi connectivity index (χ1v) is 11.7. The molecule has 0 spiro atoms. The lowest BCUT2D eigenvalue weighted by Gasteiger charge is -2.37. The number of pyridine rings is 1.